The van der Waals surface area contributed by atoms with Crippen LogP contribution >= 0.6 is 0 Å². The van der Waals surface area contributed by atoms with Crippen molar-refractivity contribution in [2.24, 2.45) is 0 Å². The van der Waals surface area contributed by atoms with Gasteiger partial charge in [-0.25, -0.2) is 8.78 Å². The molecule has 5 amide bonds. The molecule has 56 heavy (non-hydrogen) atoms. The molecule has 14 heteroatoms. The molecule has 1 saturated carbocycles. The zero-order valence-electron chi connectivity index (χ0n) is 30.9. The Morgan fingerprint density at radius 3 is 2.46 bits per heavy atom. The Morgan fingerprint density at radius 2 is 1.71 bits per heavy atom. The number of rotatable bonds is 15. The molecular formula is C42H42F2N6O6. The van der Waals surface area contributed by atoms with Gasteiger partial charge in [0.15, 0.2) is 0 Å². The van der Waals surface area contributed by atoms with Crippen molar-refractivity contribution in [2.75, 3.05) is 18.9 Å². The Bertz CT molecular complexity index is 2270. The summed E-state index contributed by atoms with van der Waals surface area (Å²) in [5, 5.41) is 11.5. The Hall–Kier alpha value is -6.05. The number of nitrogens with zero attached hydrogens (tertiary/aromatic N) is 2. The SMILES string of the molecule is CNc1c(C(=O)NC2CC2)cnc2cc(F)c(-c3ccc(C(=O)NCCCCCC(=O)CCc4cccc5c4CN(C4CCC(=O)NC4=O)C5=O)c(F)c3)cc12. The zero-order chi connectivity index (χ0) is 39.5. The third kappa shape index (κ3) is 8.14. The lowest BCUT2D eigenvalue weighted by molar-refractivity contribution is -0.137. The van der Waals surface area contributed by atoms with Crippen LogP contribution in [-0.4, -0.2) is 70.9 Å². The number of ketones is 1. The van der Waals surface area contributed by atoms with Crippen molar-refractivity contribution in [2.45, 2.75) is 82.8 Å². The normalized spacial score (nSPS) is 16.4. The fraction of sp³-hybridized carbons (Fsp3) is 0.357. The molecule has 290 valence electrons. The van der Waals surface area contributed by atoms with E-state index in [4.69, 9.17) is 0 Å². The van der Waals surface area contributed by atoms with Gasteiger partial charge in [0.25, 0.3) is 17.7 Å². The number of halogens is 2. The predicted octanol–water partition coefficient (Wildman–Crippen LogP) is 5.37. The van der Waals surface area contributed by atoms with Crippen LogP contribution in [0.4, 0.5) is 14.5 Å². The van der Waals surface area contributed by atoms with Gasteiger partial charge in [-0.3, -0.25) is 39.1 Å². The molecule has 4 aromatic rings. The van der Waals surface area contributed by atoms with Crippen molar-refractivity contribution < 1.29 is 37.5 Å². The number of fused-ring (bicyclic) bond motifs is 2. The second-order valence-electron chi connectivity index (χ2n) is 14.5. The van der Waals surface area contributed by atoms with Crippen molar-refractivity contribution in [3.05, 3.63) is 94.2 Å². The molecule has 3 aliphatic rings. The number of anilines is 1. The van der Waals surface area contributed by atoms with Crippen molar-refractivity contribution in [1.29, 1.82) is 0 Å². The monoisotopic (exact) mass is 764 g/mol. The Morgan fingerprint density at radius 1 is 0.893 bits per heavy atom. The number of benzene rings is 3. The highest BCUT2D eigenvalue weighted by atomic mass is 19.1. The van der Waals surface area contributed by atoms with E-state index in [2.05, 4.69) is 26.3 Å². The van der Waals surface area contributed by atoms with Crippen molar-refractivity contribution in [3.8, 4) is 11.1 Å². The van der Waals surface area contributed by atoms with E-state index >= 15 is 8.78 Å². The summed E-state index contributed by atoms with van der Waals surface area (Å²) in [4.78, 5) is 81.2. The van der Waals surface area contributed by atoms with Gasteiger partial charge in [-0.15, -0.1) is 0 Å². The van der Waals surface area contributed by atoms with Gasteiger partial charge in [0.05, 0.1) is 22.3 Å². The van der Waals surface area contributed by atoms with Gasteiger partial charge in [-0.2, -0.15) is 0 Å². The number of unbranched alkanes of at least 4 members (excludes halogenated alkanes) is 2. The summed E-state index contributed by atoms with van der Waals surface area (Å²) in [5.41, 5.74) is 3.46. The quantitative estimate of drug-likeness (QED) is 0.0927. The lowest BCUT2D eigenvalue weighted by Gasteiger charge is -2.29. The molecule has 2 aliphatic heterocycles. The predicted molar refractivity (Wildman–Crippen MR) is 204 cm³/mol. The van der Waals surface area contributed by atoms with Crippen LogP contribution in [0.1, 0.15) is 100.0 Å². The van der Waals surface area contributed by atoms with Gasteiger partial charge in [-0.1, -0.05) is 24.6 Å². The van der Waals surface area contributed by atoms with Gasteiger partial charge in [-0.05, 0) is 79.5 Å². The Labute approximate surface area is 321 Å². The Balaban J connectivity index is 0.874. The first-order valence-electron chi connectivity index (χ1n) is 19.0. The summed E-state index contributed by atoms with van der Waals surface area (Å²) in [6.45, 7) is 0.532. The highest BCUT2D eigenvalue weighted by molar-refractivity contribution is 6.08. The molecule has 7 rings (SSSR count). The minimum Gasteiger partial charge on any atom is -0.387 e. The van der Waals surface area contributed by atoms with E-state index in [0.29, 0.717) is 66.2 Å². The third-order valence-electron chi connectivity index (χ3n) is 10.7. The van der Waals surface area contributed by atoms with E-state index < -0.39 is 29.5 Å². The molecule has 4 N–H and O–H groups in total. The average Bonchev–Trinajstić information content (AvgIpc) is 3.94. The highest BCUT2D eigenvalue weighted by Crippen LogP contribution is 2.34. The van der Waals surface area contributed by atoms with Crippen molar-refractivity contribution in [1.82, 2.24) is 25.8 Å². The molecule has 0 spiro atoms. The summed E-state index contributed by atoms with van der Waals surface area (Å²) in [5.74, 6) is -3.32. The molecule has 1 unspecified atom stereocenters. The van der Waals surface area contributed by atoms with Gasteiger partial charge in [0.1, 0.15) is 23.5 Å². The van der Waals surface area contributed by atoms with Crippen LogP contribution in [0.25, 0.3) is 22.0 Å². The minimum atomic E-state index is -0.813. The molecule has 12 nitrogen and oxygen atoms in total. The molecular weight excluding hydrogens is 722 g/mol. The van der Waals surface area contributed by atoms with Gasteiger partial charge >= 0.3 is 0 Å². The Kier molecular flexibility index (Phi) is 11.2. The first-order valence-corrected chi connectivity index (χ1v) is 19.0. The molecule has 1 aromatic heterocycles. The zero-order valence-corrected chi connectivity index (χ0v) is 30.9. The van der Waals surface area contributed by atoms with Crippen LogP contribution in [0, 0.1) is 11.6 Å². The fourth-order valence-electron chi connectivity index (χ4n) is 7.44. The van der Waals surface area contributed by atoms with Gasteiger partial charge < -0.3 is 20.9 Å². The van der Waals surface area contributed by atoms with Crippen molar-refractivity contribution in [3.63, 3.8) is 0 Å². The smallest absolute Gasteiger partial charge is 0.255 e. The highest BCUT2D eigenvalue weighted by Gasteiger charge is 2.39. The lowest BCUT2D eigenvalue weighted by atomic mass is 9.97. The first-order chi connectivity index (χ1) is 27.0. The average molecular weight is 765 g/mol. The van der Waals surface area contributed by atoms with Gasteiger partial charge in [0.2, 0.25) is 11.8 Å². The number of hydrogen-bond acceptors (Lipinski definition) is 8. The second kappa shape index (κ2) is 16.4. The standard InChI is InChI=1S/C42H42F2N6O6/c1-45-38-30-19-29(34(44)20-35(30)47-21-31(38)40(54)48-25-11-12-25)24-10-14-28(33(43)18-24)39(53)46-17-4-2-3-7-26(51)13-9-23-6-5-8-27-32(23)22-50(42(27)56)36-15-16-37(52)49-41(36)55/h5-6,8,10,14,18-21,25,36H,2-4,7,9,11-13,15-17,22H2,1H3,(H,45,47)(H,46,53)(H,48,54)(H,49,52,55). The maximum Gasteiger partial charge on any atom is 0.255 e. The number of imide groups is 1. The molecule has 1 aliphatic carbocycles. The number of amides is 5. The summed E-state index contributed by atoms with van der Waals surface area (Å²) in [6, 6.07) is 11.5. The molecule has 3 heterocycles. The number of pyridine rings is 1. The van der Waals surface area contributed by atoms with Crippen molar-refractivity contribution >= 4 is 51.9 Å². The van der Waals surface area contributed by atoms with Crippen LogP contribution in [-0.2, 0) is 27.3 Å². The summed E-state index contributed by atoms with van der Waals surface area (Å²) in [6.07, 6.45) is 6.67. The molecule has 0 bridgehead atoms. The van der Waals surface area contributed by atoms with Crippen LogP contribution in [0.5, 0.6) is 0 Å². The fourth-order valence-corrected chi connectivity index (χ4v) is 7.44. The first kappa shape index (κ1) is 38.2. The summed E-state index contributed by atoms with van der Waals surface area (Å²) in [7, 11) is 1.66. The van der Waals surface area contributed by atoms with E-state index in [0.717, 1.165) is 30.0 Å². The number of carbonyl (C=O) groups is 6. The van der Waals surface area contributed by atoms with E-state index in [1.54, 1.807) is 19.2 Å². The number of Topliss-reactive ketones (excluding diaryl/α,β-unsaturated/α-hetero) is 1. The van der Waals surface area contributed by atoms with Crippen LogP contribution in [0.2, 0.25) is 0 Å². The van der Waals surface area contributed by atoms with E-state index in [1.807, 2.05) is 6.07 Å². The second-order valence-corrected chi connectivity index (χ2v) is 14.5. The number of nitrogens with one attached hydrogen (secondary N) is 4. The summed E-state index contributed by atoms with van der Waals surface area (Å²) < 4.78 is 30.5. The van der Waals surface area contributed by atoms with E-state index in [9.17, 15) is 28.8 Å². The molecule has 2 fully saturated rings. The topological polar surface area (TPSA) is 167 Å². The number of hydrogen-bond donors (Lipinski definition) is 4. The van der Waals surface area contributed by atoms with Crippen LogP contribution < -0.4 is 21.3 Å². The molecule has 0 radical (unpaired) electrons. The summed E-state index contributed by atoms with van der Waals surface area (Å²) >= 11 is 0. The lowest BCUT2D eigenvalue weighted by Crippen LogP contribution is -2.52. The number of aryl methyl sites for hydroxylation is 1. The number of piperidine rings is 1. The van der Waals surface area contributed by atoms with E-state index in [-0.39, 0.29) is 72.2 Å². The number of carbonyl (C=O) groups excluding carboxylic acids is 6. The largest absolute Gasteiger partial charge is 0.387 e. The third-order valence-corrected chi connectivity index (χ3v) is 10.7. The number of aromatic nitrogens is 1. The van der Waals surface area contributed by atoms with Crippen LogP contribution in [0.15, 0.2) is 54.7 Å². The van der Waals surface area contributed by atoms with Crippen LogP contribution in [0.3, 0.4) is 0 Å². The minimum absolute atomic E-state index is 0.0703. The van der Waals surface area contributed by atoms with Gasteiger partial charge in [0, 0.05) is 74.2 Å². The van der Waals surface area contributed by atoms with E-state index in [1.165, 1.54) is 35.4 Å². The molecule has 1 saturated heterocycles. The molecule has 3 aromatic carbocycles. The maximum atomic E-state index is 15.3. The maximum absolute atomic E-state index is 15.3. The molecule has 1 atom stereocenters.